The fourth-order valence-electron chi connectivity index (χ4n) is 3.37. The third kappa shape index (κ3) is 2.61. The Hall–Kier alpha value is -2.19. The molecule has 2 N–H and O–H groups in total. The van der Waals surface area contributed by atoms with E-state index in [0.717, 1.165) is 18.5 Å². The number of aliphatic hydroxyl groups excluding tert-OH is 2. The van der Waals surface area contributed by atoms with E-state index >= 15 is 0 Å². The predicted molar refractivity (Wildman–Crippen MR) is 83.6 cm³/mol. The fourth-order valence-corrected chi connectivity index (χ4v) is 3.37. The second-order valence-electron chi connectivity index (χ2n) is 6.72. The van der Waals surface area contributed by atoms with Gasteiger partial charge in [-0.05, 0) is 18.9 Å². The molecule has 0 radical (unpaired) electrons. The zero-order chi connectivity index (χ0) is 16.7. The lowest BCUT2D eigenvalue weighted by Gasteiger charge is -2.31. The van der Waals surface area contributed by atoms with E-state index < -0.39 is 6.10 Å². The smallest absolute Gasteiger partial charge is 0.231 e. The van der Waals surface area contributed by atoms with E-state index in [9.17, 15) is 9.90 Å². The fraction of sp³-hybridized carbons (Fsp3) is 0.562. The molecule has 24 heavy (non-hydrogen) atoms. The Bertz CT molecular complexity index is 735. The van der Waals surface area contributed by atoms with Gasteiger partial charge in [-0.3, -0.25) is 9.48 Å². The van der Waals surface area contributed by atoms with Crippen molar-refractivity contribution in [2.75, 3.05) is 13.2 Å². The molecule has 1 aliphatic heterocycles. The largest absolute Gasteiger partial charge is 0.393 e. The summed E-state index contributed by atoms with van der Waals surface area (Å²) in [4.78, 5) is 18.9. The minimum atomic E-state index is -0.969. The molecule has 0 aromatic carbocycles. The maximum Gasteiger partial charge on any atom is 0.231 e. The van der Waals surface area contributed by atoms with Gasteiger partial charge in [0, 0.05) is 25.5 Å². The molecule has 1 saturated carbocycles. The van der Waals surface area contributed by atoms with Gasteiger partial charge in [0.25, 0.3) is 0 Å². The minimum Gasteiger partial charge on any atom is -0.393 e. The molecule has 0 unspecified atom stereocenters. The van der Waals surface area contributed by atoms with Crippen molar-refractivity contribution in [2.45, 2.75) is 38.6 Å². The number of carbonyl (C=O) groups excluding carboxylic acids is 1. The van der Waals surface area contributed by atoms with Gasteiger partial charge in [-0.2, -0.15) is 5.10 Å². The lowest BCUT2D eigenvalue weighted by atomic mass is 10.0. The van der Waals surface area contributed by atoms with Crippen molar-refractivity contribution in [1.82, 2.24) is 24.2 Å². The molecule has 1 aliphatic carbocycles. The number of rotatable bonds is 5. The van der Waals surface area contributed by atoms with Gasteiger partial charge in [0.15, 0.2) is 0 Å². The molecule has 2 aromatic heterocycles. The molecule has 3 heterocycles. The number of aliphatic hydroxyl groups is 2. The number of amides is 1. The topological polar surface area (TPSA) is 96.4 Å². The summed E-state index contributed by atoms with van der Waals surface area (Å²) in [6.07, 6.45) is 6.22. The standard InChI is InChI=1S/C16H21N5O3/c22-9-14(23)13-7-12-8-20(5-6-21(12)18-13)15(24)16(1-2-16)10-19-4-3-17-11-19/h3-4,7,11,14,22-23H,1-2,5-6,8-10H2/t14-/m0/s1. The molecule has 0 saturated heterocycles. The van der Waals surface area contributed by atoms with Crippen molar-refractivity contribution in [2.24, 2.45) is 5.41 Å². The van der Waals surface area contributed by atoms with Crippen molar-refractivity contribution in [3.05, 3.63) is 36.2 Å². The highest BCUT2D eigenvalue weighted by molar-refractivity contribution is 5.85. The average molecular weight is 331 g/mol. The maximum atomic E-state index is 13.0. The number of hydrogen-bond acceptors (Lipinski definition) is 5. The minimum absolute atomic E-state index is 0.188. The lowest BCUT2D eigenvalue weighted by molar-refractivity contribution is -0.139. The molecule has 128 valence electrons. The van der Waals surface area contributed by atoms with Crippen LogP contribution in [0.2, 0.25) is 0 Å². The molecule has 8 heteroatoms. The number of carbonyl (C=O) groups is 1. The summed E-state index contributed by atoms with van der Waals surface area (Å²) in [5, 5.41) is 23.1. The number of aromatic nitrogens is 4. The van der Waals surface area contributed by atoms with Crippen LogP contribution in [0.1, 0.15) is 30.3 Å². The van der Waals surface area contributed by atoms with Crippen molar-refractivity contribution < 1.29 is 15.0 Å². The van der Waals surface area contributed by atoms with E-state index in [4.69, 9.17) is 5.11 Å². The Kier molecular flexibility index (Phi) is 3.65. The summed E-state index contributed by atoms with van der Waals surface area (Å²) < 4.78 is 3.78. The summed E-state index contributed by atoms with van der Waals surface area (Å²) >= 11 is 0. The van der Waals surface area contributed by atoms with Crippen LogP contribution in [0.3, 0.4) is 0 Å². The van der Waals surface area contributed by atoms with Gasteiger partial charge in [0.05, 0.1) is 42.8 Å². The summed E-state index contributed by atoms with van der Waals surface area (Å²) in [5.74, 6) is 0.188. The van der Waals surface area contributed by atoms with Gasteiger partial charge in [-0.25, -0.2) is 4.98 Å². The Balaban J connectivity index is 1.48. The summed E-state index contributed by atoms with van der Waals surface area (Å²) in [5.41, 5.74) is 1.06. The first-order chi connectivity index (χ1) is 11.6. The normalized spacial score (nSPS) is 19.8. The molecule has 1 atom stereocenters. The quantitative estimate of drug-likeness (QED) is 0.799. The van der Waals surface area contributed by atoms with Crippen LogP contribution in [0.15, 0.2) is 24.8 Å². The highest BCUT2D eigenvalue weighted by Gasteiger charge is 2.52. The molecule has 1 fully saturated rings. The van der Waals surface area contributed by atoms with E-state index in [0.29, 0.717) is 31.9 Å². The first kappa shape index (κ1) is 15.3. The third-order valence-electron chi connectivity index (χ3n) is 4.97. The van der Waals surface area contributed by atoms with Gasteiger partial charge in [-0.15, -0.1) is 0 Å². The monoisotopic (exact) mass is 331 g/mol. The average Bonchev–Trinajstić information content (AvgIpc) is 3.00. The van der Waals surface area contributed by atoms with Crippen LogP contribution in [0.5, 0.6) is 0 Å². The molecule has 2 aromatic rings. The molecule has 8 nitrogen and oxygen atoms in total. The molecule has 0 bridgehead atoms. The zero-order valence-electron chi connectivity index (χ0n) is 13.4. The summed E-state index contributed by atoms with van der Waals surface area (Å²) in [7, 11) is 0. The van der Waals surface area contributed by atoms with Crippen LogP contribution >= 0.6 is 0 Å². The van der Waals surface area contributed by atoms with Gasteiger partial charge >= 0.3 is 0 Å². The first-order valence-electron chi connectivity index (χ1n) is 8.22. The lowest BCUT2D eigenvalue weighted by Crippen LogP contribution is -2.43. The number of imidazole rings is 1. The van der Waals surface area contributed by atoms with Crippen molar-refractivity contribution in [1.29, 1.82) is 0 Å². The summed E-state index contributed by atoms with van der Waals surface area (Å²) in [6.45, 7) is 2.05. The molecular weight excluding hydrogens is 310 g/mol. The number of hydrogen-bond donors (Lipinski definition) is 2. The Morgan fingerprint density at radius 2 is 2.21 bits per heavy atom. The van der Waals surface area contributed by atoms with E-state index in [1.807, 2.05) is 20.3 Å². The van der Waals surface area contributed by atoms with Gasteiger partial charge in [0.2, 0.25) is 5.91 Å². The number of fused-ring (bicyclic) bond motifs is 1. The second kappa shape index (κ2) is 5.71. The van der Waals surface area contributed by atoms with Crippen LogP contribution in [-0.4, -0.2) is 53.5 Å². The van der Waals surface area contributed by atoms with Crippen LogP contribution in [0.25, 0.3) is 0 Å². The second-order valence-corrected chi connectivity index (χ2v) is 6.72. The maximum absolute atomic E-state index is 13.0. The van der Waals surface area contributed by atoms with Crippen LogP contribution < -0.4 is 0 Å². The van der Waals surface area contributed by atoms with Crippen molar-refractivity contribution in [3.63, 3.8) is 0 Å². The van der Waals surface area contributed by atoms with Crippen LogP contribution in [0.4, 0.5) is 0 Å². The first-order valence-corrected chi connectivity index (χ1v) is 8.22. The zero-order valence-corrected chi connectivity index (χ0v) is 13.4. The Morgan fingerprint density at radius 3 is 2.88 bits per heavy atom. The van der Waals surface area contributed by atoms with E-state index in [-0.39, 0.29) is 17.9 Å². The SMILES string of the molecule is O=C(N1CCn2nc([C@@H](O)CO)cc2C1)C1(Cn2ccnc2)CC1. The van der Waals surface area contributed by atoms with Crippen LogP contribution in [0, 0.1) is 5.41 Å². The highest BCUT2D eigenvalue weighted by atomic mass is 16.3. The van der Waals surface area contributed by atoms with Gasteiger partial charge in [-0.1, -0.05) is 0 Å². The molecule has 4 rings (SSSR count). The predicted octanol–water partition coefficient (Wildman–Crippen LogP) is -0.0721. The molecular formula is C16H21N5O3. The molecule has 1 amide bonds. The van der Waals surface area contributed by atoms with Gasteiger partial charge < -0.3 is 19.7 Å². The van der Waals surface area contributed by atoms with E-state index in [1.54, 1.807) is 18.6 Å². The number of nitrogens with zero attached hydrogens (tertiary/aromatic N) is 5. The Labute approximate surface area is 139 Å². The van der Waals surface area contributed by atoms with E-state index in [1.165, 1.54) is 0 Å². The third-order valence-corrected chi connectivity index (χ3v) is 4.97. The van der Waals surface area contributed by atoms with E-state index in [2.05, 4.69) is 10.1 Å². The molecule has 0 spiro atoms. The van der Waals surface area contributed by atoms with Crippen molar-refractivity contribution in [3.8, 4) is 0 Å². The van der Waals surface area contributed by atoms with Crippen molar-refractivity contribution >= 4 is 5.91 Å². The van der Waals surface area contributed by atoms with Gasteiger partial charge in [0.1, 0.15) is 6.10 Å². The van der Waals surface area contributed by atoms with Crippen LogP contribution in [-0.2, 0) is 24.4 Å². The molecule has 2 aliphatic rings. The summed E-state index contributed by atoms with van der Waals surface area (Å²) in [6, 6.07) is 1.77. The highest BCUT2D eigenvalue weighted by Crippen LogP contribution is 2.49. The Morgan fingerprint density at radius 1 is 1.38 bits per heavy atom.